The first-order valence-electron chi connectivity index (χ1n) is 7.92. The Kier molecular flexibility index (Phi) is 6.38. The van der Waals surface area contributed by atoms with E-state index >= 15 is 0 Å². The highest BCUT2D eigenvalue weighted by Gasteiger charge is 2.21. The number of carbonyl (C=O) groups excluding carboxylic acids is 2. The molecule has 5 heteroatoms. The topological polar surface area (TPSA) is 49.4 Å². The van der Waals surface area contributed by atoms with Crippen LogP contribution in [0.1, 0.15) is 18.1 Å². The molecule has 0 atom stereocenters. The number of nitrogens with one attached hydrogen (secondary N) is 1. The Morgan fingerprint density at radius 1 is 1.12 bits per heavy atom. The Bertz CT molecular complexity index is 714. The standard InChI is InChI=1S/C19H21ClN2O2/c1-3-22(17-6-4-5-14(2)13-17)19(24)18(23)21-12-11-15-7-9-16(20)10-8-15/h4-10,13H,3,11-12H2,1-2H3,(H,21,23). The maximum absolute atomic E-state index is 12.4. The van der Waals surface area contributed by atoms with Crippen LogP contribution >= 0.6 is 11.6 Å². The fourth-order valence-corrected chi connectivity index (χ4v) is 2.53. The molecule has 0 radical (unpaired) electrons. The number of hydrogen-bond donors (Lipinski definition) is 1. The number of anilines is 1. The van der Waals surface area contributed by atoms with Gasteiger partial charge in [0.1, 0.15) is 0 Å². The molecule has 1 N–H and O–H groups in total. The molecule has 0 aliphatic carbocycles. The molecule has 2 aromatic carbocycles. The van der Waals surface area contributed by atoms with Crippen LogP contribution in [0, 0.1) is 6.92 Å². The highest BCUT2D eigenvalue weighted by molar-refractivity contribution is 6.40. The normalized spacial score (nSPS) is 10.3. The van der Waals surface area contributed by atoms with Crippen LogP contribution in [0.2, 0.25) is 5.02 Å². The van der Waals surface area contributed by atoms with Gasteiger partial charge in [0.15, 0.2) is 0 Å². The number of likely N-dealkylation sites (N-methyl/N-ethyl adjacent to an activating group) is 1. The number of rotatable bonds is 5. The summed E-state index contributed by atoms with van der Waals surface area (Å²) in [5.74, 6) is -1.13. The fourth-order valence-electron chi connectivity index (χ4n) is 2.41. The van der Waals surface area contributed by atoms with Gasteiger partial charge in [0.25, 0.3) is 0 Å². The van der Waals surface area contributed by atoms with Crippen molar-refractivity contribution in [1.29, 1.82) is 0 Å². The minimum Gasteiger partial charge on any atom is -0.347 e. The minimum atomic E-state index is -0.590. The van der Waals surface area contributed by atoms with Gasteiger partial charge in [-0.25, -0.2) is 0 Å². The van der Waals surface area contributed by atoms with Gasteiger partial charge in [-0.1, -0.05) is 35.9 Å². The summed E-state index contributed by atoms with van der Waals surface area (Å²) in [6.45, 7) is 4.64. The van der Waals surface area contributed by atoms with E-state index in [-0.39, 0.29) is 0 Å². The predicted octanol–water partition coefficient (Wildman–Crippen LogP) is 3.36. The quantitative estimate of drug-likeness (QED) is 0.845. The van der Waals surface area contributed by atoms with Gasteiger partial charge in [0.2, 0.25) is 0 Å². The van der Waals surface area contributed by atoms with Crippen LogP contribution < -0.4 is 10.2 Å². The van der Waals surface area contributed by atoms with Gasteiger partial charge in [-0.05, 0) is 55.7 Å². The van der Waals surface area contributed by atoms with Gasteiger partial charge >= 0.3 is 11.8 Å². The molecule has 0 aliphatic rings. The summed E-state index contributed by atoms with van der Waals surface area (Å²) >= 11 is 5.84. The number of halogens is 1. The van der Waals surface area contributed by atoms with Crippen LogP contribution in [-0.2, 0) is 16.0 Å². The zero-order valence-corrected chi connectivity index (χ0v) is 14.6. The van der Waals surface area contributed by atoms with Gasteiger partial charge in [-0.3, -0.25) is 9.59 Å². The summed E-state index contributed by atoms with van der Waals surface area (Å²) in [6.07, 6.45) is 0.646. The molecule has 0 aliphatic heterocycles. The lowest BCUT2D eigenvalue weighted by Gasteiger charge is -2.20. The average Bonchev–Trinajstić information content (AvgIpc) is 2.57. The second kappa shape index (κ2) is 8.50. The van der Waals surface area contributed by atoms with E-state index in [1.807, 2.05) is 50.2 Å². The third-order valence-corrected chi connectivity index (χ3v) is 3.93. The highest BCUT2D eigenvalue weighted by Crippen LogP contribution is 2.16. The summed E-state index contributed by atoms with van der Waals surface area (Å²) in [7, 11) is 0. The molecule has 0 unspecified atom stereocenters. The smallest absolute Gasteiger partial charge is 0.316 e. The van der Waals surface area contributed by atoms with E-state index in [2.05, 4.69) is 5.32 Å². The lowest BCUT2D eigenvalue weighted by Crippen LogP contribution is -2.43. The lowest BCUT2D eigenvalue weighted by molar-refractivity contribution is -0.137. The molecule has 0 bridgehead atoms. The SMILES string of the molecule is CCN(C(=O)C(=O)NCCc1ccc(Cl)cc1)c1cccc(C)c1. The van der Waals surface area contributed by atoms with Crippen molar-refractivity contribution in [3.8, 4) is 0 Å². The molecule has 24 heavy (non-hydrogen) atoms. The molecule has 2 rings (SSSR count). The van der Waals surface area contributed by atoms with Gasteiger partial charge in [-0.15, -0.1) is 0 Å². The Balaban J connectivity index is 1.92. The molecule has 4 nitrogen and oxygen atoms in total. The summed E-state index contributed by atoms with van der Waals surface area (Å²) in [4.78, 5) is 26.0. The number of nitrogens with zero attached hydrogens (tertiary/aromatic N) is 1. The van der Waals surface area contributed by atoms with Crippen molar-refractivity contribution in [2.45, 2.75) is 20.3 Å². The second-order valence-electron chi connectivity index (χ2n) is 5.52. The van der Waals surface area contributed by atoms with Gasteiger partial charge in [0.05, 0.1) is 0 Å². The van der Waals surface area contributed by atoms with E-state index in [9.17, 15) is 9.59 Å². The van der Waals surface area contributed by atoms with Crippen LogP contribution in [0.3, 0.4) is 0 Å². The predicted molar refractivity (Wildman–Crippen MR) is 97.4 cm³/mol. The lowest BCUT2D eigenvalue weighted by atomic mass is 10.1. The Morgan fingerprint density at radius 2 is 1.83 bits per heavy atom. The zero-order chi connectivity index (χ0) is 17.5. The fraction of sp³-hybridized carbons (Fsp3) is 0.263. The minimum absolute atomic E-state index is 0.400. The molecule has 0 saturated carbocycles. The summed E-state index contributed by atoms with van der Waals surface area (Å²) in [6, 6.07) is 15.0. The first kappa shape index (κ1) is 18.0. The number of benzene rings is 2. The zero-order valence-electron chi connectivity index (χ0n) is 13.9. The molecular weight excluding hydrogens is 324 g/mol. The molecule has 0 spiro atoms. The van der Waals surface area contributed by atoms with E-state index in [0.29, 0.717) is 24.5 Å². The van der Waals surface area contributed by atoms with Crippen LogP contribution in [0.5, 0.6) is 0 Å². The van der Waals surface area contributed by atoms with Crippen molar-refractivity contribution in [3.05, 3.63) is 64.7 Å². The van der Waals surface area contributed by atoms with Crippen LogP contribution in [-0.4, -0.2) is 24.9 Å². The van der Waals surface area contributed by atoms with Crippen molar-refractivity contribution >= 4 is 29.1 Å². The van der Waals surface area contributed by atoms with Crippen LogP contribution in [0.4, 0.5) is 5.69 Å². The van der Waals surface area contributed by atoms with Crippen molar-refractivity contribution in [2.75, 3.05) is 18.0 Å². The van der Waals surface area contributed by atoms with E-state index in [1.165, 1.54) is 4.90 Å². The number of carbonyl (C=O) groups is 2. The van der Waals surface area contributed by atoms with E-state index in [0.717, 1.165) is 16.8 Å². The third kappa shape index (κ3) is 4.83. The van der Waals surface area contributed by atoms with Gasteiger partial charge in [0, 0.05) is 23.8 Å². The molecule has 0 heterocycles. The molecule has 2 amide bonds. The molecule has 2 aromatic rings. The molecule has 0 fully saturated rings. The monoisotopic (exact) mass is 344 g/mol. The number of amides is 2. The Hall–Kier alpha value is -2.33. The first-order valence-corrected chi connectivity index (χ1v) is 8.30. The largest absolute Gasteiger partial charge is 0.347 e. The first-order chi connectivity index (χ1) is 11.5. The Labute approximate surface area is 147 Å². The molecule has 0 saturated heterocycles. The van der Waals surface area contributed by atoms with Gasteiger partial charge < -0.3 is 10.2 Å². The van der Waals surface area contributed by atoms with E-state index < -0.39 is 11.8 Å². The second-order valence-corrected chi connectivity index (χ2v) is 5.96. The third-order valence-electron chi connectivity index (χ3n) is 3.68. The van der Waals surface area contributed by atoms with Gasteiger partial charge in [-0.2, -0.15) is 0 Å². The molecule has 126 valence electrons. The van der Waals surface area contributed by atoms with Crippen molar-refractivity contribution in [1.82, 2.24) is 5.32 Å². The summed E-state index contributed by atoms with van der Waals surface area (Å²) in [5.41, 5.74) is 2.83. The highest BCUT2D eigenvalue weighted by atomic mass is 35.5. The average molecular weight is 345 g/mol. The Morgan fingerprint density at radius 3 is 2.46 bits per heavy atom. The van der Waals surface area contributed by atoms with Crippen molar-refractivity contribution in [3.63, 3.8) is 0 Å². The van der Waals surface area contributed by atoms with Crippen molar-refractivity contribution in [2.24, 2.45) is 0 Å². The van der Waals surface area contributed by atoms with E-state index in [1.54, 1.807) is 12.1 Å². The number of hydrogen-bond acceptors (Lipinski definition) is 2. The van der Waals surface area contributed by atoms with Crippen molar-refractivity contribution < 1.29 is 9.59 Å². The summed E-state index contributed by atoms with van der Waals surface area (Å²) < 4.78 is 0. The maximum Gasteiger partial charge on any atom is 0.316 e. The number of aryl methyl sites for hydroxylation is 1. The van der Waals surface area contributed by atoms with E-state index in [4.69, 9.17) is 11.6 Å². The van der Waals surface area contributed by atoms with Crippen LogP contribution in [0.25, 0.3) is 0 Å². The molecule has 0 aromatic heterocycles. The molecular formula is C19H21ClN2O2. The van der Waals surface area contributed by atoms with Crippen LogP contribution in [0.15, 0.2) is 48.5 Å². The summed E-state index contributed by atoms with van der Waals surface area (Å²) in [5, 5.41) is 3.36. The maximum atomic E-state index is 12.4.